The smallest absolute Gasteiger partial charge is 0.246 e. The number of anilines is 1. The summed E-state index contributed by atoms with van der Waals surface area (Å²) in [4.78, 5) is 13.3. The van der Waals surface area contributed by atoms with Gasteiger partial charge in [-0.2, -0.15) is 0 Å². The standard InChI is InChI=1S/C21H20ClNO4S/c1-2-14-27-18-7-5-6-17(15-18)23-20(24)21(12-3-4-13-21)28(25,26)19-10-8-16(22)9-11-19/h1,5-11,15H,3-4,12-14H2,(H,23,24). The summed E-state index contributed by atoms with van der Waals surface area (Å²) in [6.45, 7) is 0.103. The summed E-state index contributed by atoms with van der Waals surface area (Å²) in [5, 5.41) is 3.19. The number of nitrogens with one attached hydrogen (secondary N) is 1. The third-order valence-electron chi connectivity index (χ3n) is 4.88. The van der Waals surface area contributed by atoms with Crippen molar-refractivity contribution in [1.82, 2.24) is 0 Å². The highest BCUT2D eigenvalue weighted by Gasteiger charge is 2.52. The molecule has 1 fully saturated rings. The molecule has 146 valence electrons. The molecule has 0 radical (unpaired) electrons. The van der Waals surface area contributed by atoms with Gasteiger partial charge < -0.3 is 10.1 Å². The van der Waals surface area contributed by atoms with Crippen molar-refractivity contribution in [2.45, 2.75) is 35.3 Å². The molecule has 0 spiro atoms. The van der Waals surface area contributed by atoms with Gasteiger partial charge in [0.2, 0.25) is 5.91 Å². The second kappa shape index (κ2) is 8.26. The fourth-order valence-corrected chi connectivity index (χ4v) is 5.63. The number of ether oxygens (including phenoxy) is 1. The zero-order valence-electron chi connectivity index (χ0n) is 15.2. The van der Waals surface area contributed by atoms with Crippen molar-refractivity contribution in [2.75, 3.05) is 11.9 Å². The van der Waals surface area contributed by atoms with Gasteiger partial charge in [-0.3, -0.25) is 4.79 Å². The van der Waals surface area contributed by atoms with Crippen LogP contribution in [0.4, 0.5) is 5.69 Å². The van der Waals surface area contributed by atoms with Crippen LogP contribution in [-0.2, 0) is 14.6 Å². The Morgan fingerprint density at radius 2 is 1.86 bits per heavy atom. The van der Waals surface area contributed by atoms with Gasteiger partial charge >= 0.3 is 0 Å². The number of sulfone groups is 1. The molecule has 1 N–H and O–H groups in total. The maximum absolute atomic E-state index is 13.4. The summed E-state index contributed by atoms with van der Waals surface area (Å²) >= 11 is 5.88. The van der Waals surface area contributed by atoms with Gasteiger partial charge in [-0.15, -0.1) is 6.42 Å². The molecule has 28 heavy (non-hydrogen) atoms. The average molecular weight is 418 g/mol. The van der Waals surface area contributed by atoms with Gasteiger partial charge in [0.05, 0.1) is 4.90 Å². The first-order valence-electron chi connectivity index (χ1n) is 8.87. The molecule has 0 unspecified atom stereocenters. The van der Waals surface area contributed by atoms with Gasteiger partial charge in [-0.25, -0.2) is 8.42 Å². The summed E-state index contributed by atoms with van der Waals surface area (Å²) < 4.78 is 30.6. The molecular weight excluding hydrogens is 398 g/mol. The largest absolute Gasteiger partial charge is 0.481 e. The Bertz CT molecular complexity index is 1000. The second-order valence-corrected chi connectivity index (χ2v) is 9.33. The predicted octanol–water partition coefficient (Wildman–Crippen LogP) is 4.08. The van der Waals surface area contributed by atoms with Crippen LogP contribution in [0.25, 0.3) is 0 Å². The molecule has 0 bridgehead atoms. The van der Waals surface area contributed by atoms with E-state index in [1.54, 1.807) is 24.3 Å². The molecule has 1 saturated carbocycles. The van der Waals surface area contributed by atoms with Crippen molar-refractivity contribution in [3.8, 4) is 18.1 Å². The van der Waals surface area contributed by atoms with Crippen molar-refractivity contribution in [2.24, 2.45) is 0 Å². The molecule has 0 saturated heterocycles. The monoisotopic (exact) mass is 417 g/mol. The van der Waals surface area contributed by atoms with Gasteiger partial charge in [-0.1, -0.05) is 36.4 Å². The molecule has 1 aliphatic rings. The van der Waals surface area contributed by atoms with Crippen LogP contribution in [0.5, 0.6) is 5.75 Å². The molecule has 0 aliphatic heterocycles. The highest BCUT2D eigenvalue weighted by molar-refractivity contribution is 7.93. The predicted molar refractivity (Wildman–Crippen MR) is 109 cm³/mol. The lowest BCUT2D eigenvalue weighted by molar-refractivity contribution is -0.118. The van der Waals surface area contributed by atoms with E-state index in [0.717, 1.165) is 0 Å². The lowest BCUT2D eigenvalue weighted by Crippen LogP contribution is -2.47. The fourth-order valence-electron chi connectivity index (χ4n) is 3.44. The molecular formula is C21H20ClNO4S. The van der Waals surface area contributed by atoms with Gasteiger partial charge in [-0.05, 0) is 49.2 Å². The Balaban J connectivity index is 1.90. The molecule has 0 heterocycles. The molecule has 1 amide bonds. The zero-order valence-corrected chi connectivity index (χ0v) is 16.7. The first-order chi connectivity index (χ1) is 13.4. The molecule has 2 aromatic rings. The van der Waals surface area contributed by atoms with Gasteiger partial charge in [0.15, 0.2) is 14.6 Å². The van der Waals surface area contributed by atoms with Gasteiger partial charge in [0.1, 0.15) is 12.4 Å². The highest BCUT2D eigenvalue weighted by atomic mass is 35.5. The van der Waals surface area contributed by atoms with Gasteiger partial charge in [0.25, 0.3) is 0 Å². The normalized spacial score (nSPS) is 15.6. The van der Waals surface area contributed by atoms with E-state index in [4.69, 9.17) is 22.8 Å². The third-order valence-corrected chi connectivity index (χ3v) is 7.64. The number of hydrogen-bond acceptors (Lipinski definition) is 4. The number of halogens is 1. The van der Waals surface area contributed by atoms with Crippen LogP contribution in [0.15, 0.2) is 53.4 Å². The number of benzene rings is 2. The lowest BCUT2D eigenvalue weighted by Gasteiger charge is -2.27. The van der Waals surface area contributed by atoms with E-state index in [1.807, 2.05) is 0 Å². The summed E-state index contributed by atoms with van der Waals surface area (Å²) in [5.41, 5.74) is 0.456. The SMILES string of the molecule is C#CCOc1cccc(NC(=O)C2(S(=O)(=O)c3ccc(Cl)cc3)CCCC2)c1. The van der Waals surface area contributed by atoms with Crippen LogP contribution >= 0.6 is 11.6 Å². The Kier molecular flexibility index (Phi) is 5.97. The lowest BCUT2D eigenvalue weighted by atomic mass is 10.1. The van der Waals surface area contributed by atoms with Crippen LogP contribution in [-0.4, -0.2) is 25.7 Å². The van der Waals surface area contributed by atoms with Crippen molar-refractivity contribution >= 4 is 33.0 Å². The minimum absolute atomic E-state index is 0.0973. The van der Waals surface area contributed by atoms with Crippen LogP contribution in [0.1, 0.15) is 25.7 Å². The first-order valence-corrected chi connectivity index (χ1v) is 10.7. The average Bonchev–Trinajstić information content (AvgIpc) is 3.19. The fraction of sp³-hybridized carbons (Fsp3) is 0.286. The summed E-state index contributed by atoms with van der Waals surface area (Å²) in [6.07, 6.45) is 7.08. The van der Waals surface area contributed by atoms with Crippen molar-refractivity contribution in [3.63, 3.8) is 0 Å². The Morgan fingerprint density at radius 3 is 2.50 bits per heavy atom. The van der Waals surface area contributed by atoms with E-state index in [2.05, 4.69) is 11.2 Å². The van der Waals surface area contributed by atoms with Crippen LogP contribution < -0.4 is 10.1 Å². The summed E-state index contributed by atoms with van der Waals surface area (Å²) in [6, 6.07) is 12.6. The third kappa shape index (κ3) is 3.87. The van der Waals surface area contributed by atoms with Crippen molar-refractivity contribution < 1.29 is 17.9 Å². The Hall–Kier alpha value is -2.49. The number of rotatable bonds is 6. The van der Waals surface area contributed by atoms with E-state index in [0.29, 0.717) is 29.3 Å². The maximum Gasteiger partial charge on any atom is 0.246 e. The molecule has 2 aromatic carbocycles. The Labute approximate surface area is 170 Å². The van der Waals surface area contributed by atoms with Crippen LogP contribution in [0.2, 0.25) is 5.02 Å². The second-order valence-electron chi connectivity index (χ2n) is 6.63. The number of carbonyl (C=O) groups is 1. The van der Waals surface area contributed by atoms with Crippen molar-refractivity contribution in [3.05, 3.63) is 53.6 Å². The molecule has 0 aromatic heterocycles. The highest BCUT2D eigenvalue weighted by Crippen LogP contribution is 2.41. The number of hydrogen-bond donors (Lipinski definition) is 1. The van der Waals surface area contributed by atoms with E-state index in [9.17, 15) is 13.2 Å². The van der Waals surface area contributed by atoms with E-state index in [-0.39, 0.29) is 24.3 Å². The summed E-state index contributed by atoms with van der Waals surface area (Å²) in [5.74, 6) is 2.33. The van der Waals surface area contributed by atoms with E-state index >= 15 is 0 Å². The molecule has 0 atom stereocenters. The molecule has 7 heteroatoms. The van der Waals surface area contributed by atoms with Crippen molar-refractivity contribution in [1.29, 1.82) is 0 Å². The zero-order chi connectivity index (χ0) is 20.2. The van der Waals surface area contributed by atoms with E-state index < -0.39 is 20.5 Å². The van der Waals surface area contributed by atoms with Crippen LogP contribution in [0.3, 0.4) is 0 Å². The van der Waals surface area contributed by atoms with Gasteiger partial charge in [0, 0.05) is 16.8 Å². The maximum atomic E-state index is 13.4. The molecule has 3 rings (SSSR count). The topological polar surface area (TPSA) is 72.5 Å². The molecule has 1 aliphatic carbocycles. The number of terminal acetylenes is 1. The van der Waals surface area contributed by atoms with Crippen LogP contribution in [0, 0.1) is 12.3 Å². The number of amides is 1. The van der Waals surface area contributed by atoms with E-state index in [1.165, 1.54) is 24.3 Å². The number of carbonyl (C=O) groups excluding carboxylic acids is 1. The summed E-state index contributed by atoms with van der Waals surface area (Å²) in [7, 11) is -3.89. The minimum atomic E-state index is -3.89. The minimum Gasteiger partial charge on any atom is -0.481 e. The first kappa shape index (κ1) is 20.2. The quantitative estimate of drug-likeness (QED) is 0.719. The Morgan fingerprint density at radius 1 is 1.18 bits per heavy atom. The molecule has 5 nitrogen and oxygen atoms in total.